The van der Waals surface area contributed by atoms with Crippen molar-refractivity contribution in [2.45, 2.75) is 49.5 Å². The zero-order valence-corrected chi connectivity index (χ0v) is 17.3. The highest BCUT2D eigenvalue weighted by molar-refractivity contribution is 7.92. The number of carbonyl (C=O) groups is 1. The molecule has 0 aliphatic heterocycles. The first kappa shape index (κ1) is 21.3. The molecule has 1 aliphatic rings. The molecule has 0 spiro atoms. The molecule has 29 heavy (non-hydrogen) atoms. The third-order valence-corrected chi connectivity index (χ3v) is 6.34. The number of hydrogen-bond donors (Lipinski definition) is 2. The predicted molar refractivity (Wildman–Crippen MR) is 113 cm³/mol. The van der Waals surface area contributed by atoms with E-state index in [2.05, 4.69) is 10.0 Å². The molecule has 0 heterocycles. The van der Waals surface area contributed by atoms with Crippen molar-refractivity contribution >= 4 is 21.6 Å². The molecule has 2 aromatic carbocycles. The minimum atomic E-state index is -3.69. The van der Waals surface area contributed by atoms with Gasteiger partial charge in [-0.15, -0.1) is 0 Å². The maximum absolute atomic E-state index is 12.4. The van der Waals surface area contributed by atoms with Crippen LogP contribution in [-0.4, -0.2) is 33.6 Å². The number of ether oxygens (including phenoxy) is 1. The SMILES string of the molecule is O=C(NCCCOC1CCCCC1)c1cccc(NS(=O)(=O)c2ccccc2)c1. The standard InChI is InChI=1S/C22H28N2O4S/c25-22(23-15-8-16-28-20-11-3-1-4-12-20)18-9-7-10-19(17-18)24-29(26,27)21-13-5-2-6-14-21/h2,5-7,9-10,13-14,17,20,24H,1,3-4,8,11-12,15-16H2,(H,23,25). The molecule has 2 N–H and O–H groups in total. The predicted octanol–water partition coefficient (Wildman–Crippen LogP) is 3.96. The maximum Gasteiger partial charge on any atom is 0.261 e. The van der Waals surface area contributed by atoms with Crippen LogP contribution in [0.15, 0.2) is 59.5 Å². The first-order valence-electron chi connectivity index (χ1n) is 10.1. The molecule has 156 valence electrons. The van der Waals surface area contributed by atoms with Crippen LogP contribution in [0.3, 0.4) is 0 Å². The first-order chi connectivity index (χ1) is 14.0. The lowest BCUT2D eigenvalue weighted by Gasteiger charge is -2.21. The van der Waals surface area contributed by atoms with Gasteiger partial charge < -0.3 is 10.1 Å². The van der Waals surface area contributed by atoms with Gasteiger partial charge in [0.05, 0.1) is 11.0 Å². The quantitative estimate of drug-likeness (QED) is 0.606. The van der Waals surface area contributed by atoms with Crippen LogP contribution in [0.4, 0.5) is 5.69 Å². The van der Waals surface area contributed by atoms with Crippen molar-refractivity contribution in [3.63, 3.8) is 0 Å². The van der Waals surface area contributed by atoms with E-state index in [-0.39, 0.29) is 10.8 Å². The third-order valence-electron chi connectivity index (χ3n) is 4.94. The molecule has 6 nitrogen and oxygen atoms in total. The van der Waals surface area contributed by atoms with Gasteiger partial charge in [-0.3, -0.25) is 9.52 Å². The third kappa shape index (κ3) is 6.58. The van der Waals surface area contributed by atoms with Gasteiger partial charge >= 0.3 is 0 Å². The molecule has 1 aliphatic carbocycles. The van der Waals surface area contributed by atoms with Gasteiger partial charge in [0.25, 0.3) is 15.9 Å². The maximum atomic E-state index is 12.4. The minimum Gasteiger partial charge on any atom is -0.378 e. The number of carbonyl (C=O) groups excluding carboxylic acids is 1. The Hall–Kier alpha value is -2.38. The van der Waals surface area contributed by atoms with E-state index in [0.29, 0.717) is 30.5 Å². The summed E-state index contributed by atoms with van der Waals surface area (Å²) in [7, 11) is -3.69. The average Bonchev–Trinajstić information content (AvgIpc) is 2.74. The van der Waals surface area contributed by atoms with Crippen LogP contribution in [0.25, 0.3) is 0 Å². The van der Waals surface area contributed by atoms with E-state index < -0.39 is 10.0 Å². The Morgan fingerprint density at radius 2 is 1.76 bits per heavy atom. The van der Waals surface area contributed by atoms with Gasteiger partial charge in [0, 0.05) is 24.4 Å². The van der Waals surface area contributed by atoms with Crippen molar-refractivity contribution in [1.82, 2.24) is 5.32 Å². The van der Waals surface area contributed by atoms with Gasteiger partial charge in [-0.1, -0.05) is 43.5 Å². The molecule has 1 fully saturated rings. The molecule has 0 bridgehead atoms. The molecule has 1 amide bonds. The number of sulfonamides is 1. The normalized spacial score (nSPS) is 15.0. The zero-order chi connectivity index (χ0) is 20.5. The fourth-order valence-corrected chi connectivity index (χ4v) is 4.47. The summed E-state index contributed by atoms with van der Waals surface area (Å²) < 4.78 is 33.2. The molecule has 0 aromatic heterocycles. The average molecular weight is 417 g/mol. The van der Waals surface area contributed by atoms with Crippen LogP contribution in [0, 0.1) is 0 Å². The van der Waals surface area contributed by atoms with E-state index in [1.807, 2.05) is 0 Å². The van der Waals surface area contributed by atoms with Crippen LogP contribution in [0.5, 0.6) is 0 Å². The van der Waals surface area contributed by atoms with Crippen molar-refractivity contribution in [3.8, 4) is 0 Å². The highest BCUT2D eigenvalue weighted by Gasteiger charge is 2.15. The number of hydrogen-bond acceptors (Lipinski definition) is 4. The molecular formula is C22H28N2O4S. The van der Waals surface area contributed by atoms with Gasteiger partial charge in [-0.2, -0.15) is 0 Å². The second-order valence-corrected chi connectivity index (χ2v) is 8.92. The highest BCUT2D eigenvalue weighted by atomic mass is 32.2. The summed E-state index contributed by atoms with van der Waals surface area (Å²) in [4.78, 5) is 12.5. The van der Waals surface area contributed by atoms with Gasteiger partial charge in [-0.25, -0.2) is 8.42 Å². The Balaban J connectivity index is 1.47. The second kappa shape index (κ2) is 10.4. The van der Waals surface area contributed by atoms with Crippen molar-refractivity contribution in [2.75, 3.05) is 17.9 Å². The van der Waals surface area contributed by atoms with E-state index in [9.17, 15) is 13.2 Å². The zero-order valence-electron chi connectivity index (χ0n) is 16.5. The summed E-state index contributed by atoms with van der Waals surface area (Å²) in [5.74, 6) is -0.233. The molecular weight excluding hydrogens is 388 g/mol. The monoisotopic (exact) mass is 416 g/mol. The molecule has 0 unspecified atom stereocenters. The van der Waals surface area contributed by atoms with E-state index in [4.69, 9.17) is 4.74 Å². The molecule has 2 aromatic rings. The van der Waals surface area contributed by atoms with Crippen molar-refractivity contribution < 1.29 is 17.9 Å². The summed E-state index contributed by atoms with van der Waals surface area (Å²) >= 11 is 0. The van der Waals surface area contributed by atoms with Gasteiger partial charge in [0.1, 0.15) is 0 Å². The molecule has 0 saturated heterocycles. The Morgan fingerprint density at radius 1 is 1.00 bits per heavy atom. The lowest BCUT2D eigenvalue weighted by Crippen LogP contribution is -2.26. The summed E-state index contributed by atoms with van der Waals surface area (Å²) in [6.07, 6.45) is 7.18. The number of nitrogens with one attached hydrogen (secondary N) is 2. The summed E-state index contributed by atoms with van der Waals surface area (Å²) in [6.45, 7) is 1.16. The van der Waals surface area contributed by atoms with Crippen LogP contribution in [0.1, 0.15) is 48.9 Å². The van der Waals surface area contributed by atoms with E-state index in [0.717, 1.165) is 19.3 Å². The number of amides is 1. The Labute approximate surface area is 172 Å². The lowest BCUT2D eigenvalue weighted by molar-refractivity contribution is 0.0273. The van der Waals surface area contributed by atoms with Gasteiger partial charge in [0.2, 0.25) is 0 Å². The topological polar surface area (TPSA) is 84.5 Å². The fraction of sp³-hybridized carbons (Fsp3) is 0.409. The summed E-state index contributed by atoms with van der Waals surface area (Å²) in [5, 5.41) is 2.86. The molecule has 0 atom stereocenters. The fourth-order valence-electron chi connectivity index (χ4n) is 3.40. The van der Waals surface area contributed by atoms with Crippen LogP contribution >= 0.6 is 0 Å². The van der Waals surface area contributed by atoms with Crippen molar-refractivity contribution in [2.24, 2.45) is 0 Å². The molecule has 0 radical (unpaired) electrons. The highest BCUT2D eigenvalue weighted by Crippen LogP contribution is 2.20. The summed E-state index contributed by atoms with van der Waals surface area (Å²) in [5.41, 5.74) is 0.758. The van der Waals surface area contributed by atoms with Crippen LogP contribution in [-0.2, 0) is 14.8 Å². The number of rotatable bonds is 9. The molecule has 7 heteroatoms. The van der Waals surface area contributed by atoms with Crippen molar-refractivity contribution in [1.29, 1.82) is 0 Å². The number of benzene rings is 2. The lowest BCUT2D eigenvalue weighted by atomic mass is 9.98. The number of anilines is 1. The second-order valence-electron chi connectivity index (χ2n) is 7.24. The Kier molecular flexibility index (Phi) is 7.66. The van der Waals surface area contributed by atoms with E-state index in [1.54, 1.807) is 36.4 Å². The van der Waals surface area contributed by atoms with E-state index in [1.165, 1.54) is 37.5 Å². The van der Waals surface area contributed by atoms with Crippen LogP contribution < -0.4 is 10.0 Å². The van der Waals surface area contributed by atoms with Gasteiger partial charge in [-0.05, 0) is 49.6 Å². The van der Waals surface area contributed by atoms with Crippen molar-refractivity contribution in [3.05, 3.63) is 60.2 Å². The van der Waals surface area contributed by atoms with E-state index >= 15 is 0 Å². The summed E-state index contributed by atoms with van der Waals surface area (Å²) in [6, 6.07) is 14.6. The molecule has 1 saturated carbocycles. The van der Waals surface area contributed by atoms with Gasteiger partial charge in [0.15, 0.2) is 0 Å². The largest absolute Gasteiger partial charge is 0.378 e. The Bertz CT molecular complexity index is 894. The first-order valence-corrected chi connectivity index (χ1v) is 11.6. The smallest absolute Gasteiger partial charge is 0.261 e. The Morgan fingerprint density at radius 3 is 2.52 bits per heavy atom. The van der Waals surface area contributed by atoms with Crippen LogP contribution in [0.2, 0.25) is 0 Å². The minimum absolute atomic E-state index is 0.174. The molecule has 3 rings (SSSR count).